The van der Waals surface area contributed by atoms with Gasteiger partial charge in [0.2, 0.25) is 0 Å². The fourth-order valence-corrected chi connectivity index (χ4v) is 1.11. The van der Waals surface area contributed by atoms with E-state index in [1.165, 1.54) is 12.8 Å². The summed E-state index contributed by atoms with van der Waals surface area (Å²) < 4.78 is 0. The molecule has 0 aliphatic rings. The predicted octanol–water partition coefficient (Wildman–Crippen LogP) is 4.34. The van der Waals surface area contributed by atoms with Gasteiger partial charge in [0, 0.05) is 0 Å². The van der Waals surface area contributed by atoms with Gasteiger partial charge in [-0.15, -0.1) is 17.0 Å². The largest absolute Gasteiger partial charge is 2.00 e. The van der Waals surface area contributed by atoms with Crippen molar-refractivity contribution in [1.29, 1.82) is 0 Å². The van der Waals surface area contributed by atoms with E-state index in [0.717, 1.165) is 19.3 Å². The Balaban J connectivity index is -0.0000000489. The summed E-state index contributed by atoms with van der Waals surface area (Å²) in [5, 5.41) is 0. The molecule has 0 aliphatic heterocycles. The van der Waals surface area contributed by atoms with Crippen molar-refractivity contribution in [2.75, 3.05) is 6.16 Å². The number of hydrogen-bond acceptors (Lipinski definition) is 3. The van der Waals surface area contributed by atoms with Gasteiger partial charge in [-0.1, -0.05) is 40.0 Å². The maximum absolute atomic E-state index is 8.37. The van der Waals surface area contributed by atoms with Crippen LogP contribution >= 0.6 is 24.9 Å². The van der Waals surface area contributed by atoms with Gasteiger partial charge in [0.25, 0.3) is 0 Å². The van der Waals surface area contributed by atoms with Crippen LogP contribution in [0.2, 0.25) is 0 Å². The molecule has 3 nitrogen and oxygen atoms in total. The van der Waals surface area contributed by atoms with E-state index in [4.69, 9.17) is 14.7 Å². The van der Waals surface area contributed by atoms with E-state index in [9.17, 15) is 0 Å². The second kappa shape index (κ2) is 26.8. The van der Waals surface area contributed by atoms with Crippen molar-refractivity contribution in [3.8, 4) is 0 Å². The van der Waals surface area contributed by atoms with Crippen LogP contribution in [0.25, 0.3) is 0 Å². The SMILES string of the molecule is Br.CCCC[P+](O)(O)O.[CH2-]CCC.[CH2-]CCC.[Cu+2]. The van der Waals surface area contributed by atoms with Gasteiger partial charge in [-0.25, -0.2) is 0 Å². The molecule has 0 aromatic heterocycles. The van der Waals surface area contributed by atoms with Crippen molar-refractivity contribution >= 4 is 24.9 Å². The molecule has 0 aliphatic carbocycles. The quantitative estimate of drug-likeness (QED) is 0.367. The van der Waals surface area contributed by atoms with Crippen LogP contribution in [0, 0.1) is 13.8 Å². The van der Waals surface area contributed by atoms with Crippen molar-refractivity contribution in [3.05, 3.63) is 13.8 Å². The fourth-order valence-electron chi connectivity index (χ4n) is 0.370. The van der Waals surface area contributed by atoms with Crippen LogP contribution in [0.4, 0.5) is 0 Å². The molecule has 0 bridgehead atoms. The van der Waals surface area contributed by atoms with Gasteiger partial charge >= 0.3 is 25.0 Å². The summed E-state index contributed by atoms with van der Waals surface area (Å²) in [7, 11) is -3.43. The van der Waals surface area contributed by atoms with E-state index in [1.54, 1.807) is 0 Å². The van der Waals surface area contributed by atoms with E-state index < -0.39 is 7.94 Å². The summed E-state index contributed by atoms with van der Waals surface area (Å²) in [5.74, 6) is 0. The molecule has 1 radical (unpaired) electrons. The van der Waals surface area contributed by atoms with Crippen molar-refractivity contribution in [2.45, 2.75) is 59.3 Å². The maximum Gasteiger partial charge on any atom is 2.00 e. The van der Waals surface area contributed by atoms with Crippen LogP contribution in [0.5, 0.6) is 0 Å². The molecular formula is C12H31BrCuO3P+. The van der Waals surface area contributed by atoms with Crippen molar-refractivity contribution in [1.82, 2.24) is 0 Å². The minimum absolute atomic E-state index is 0. The molecule has 0 amide bonds. The summed E-state index contributed by atoms with van der Waals surface area (Å²) in [5.41, 5.74) is 0. The summed E-state index contributed by atoms with van der Waals surface area (Å²) in [4.78, 5) is 25.1. The molecule has 0 aromatic rings. The molecule has 0 fully saturated rings. The molecule has 0 spiro atoms. The molecule has 0 saturated heterocycles. The Hall–Kier alpha value is 1.31. The molecule has 0 atom stereocenters. The average Bonchev–Trinajstić information content (AvgIpc) is 2.26. The standard InChI is InChI=1S/C4H12O3P.2C4H9.BrH.Cu/c1-2-3-4-8(5,6)7;2*1-3-4-2;;/h5-7H,2-4H2,1H3;2*1,3-4H2,2H3;1H;/q+1;2*-1;;+2. The van der Waals surface area contributed by atoms with Crippen LogP contribution in [0.1, 0.15) is 59.3 Å². The van der Waals surface area contributed by atoms with E-state index >= 15 is 0 Å². The van der Waals surface area contributed by atoms with Crippen LogP contribution in [-0.2, 0) is 17.1 Å². The van der Waals surface area contributed by atoms with Gasteiger partial charge in [0.15, 0.2) is 0 Å². The molecule has 6 heteroatoms. The Morgan fingerprint density at radius 3 is 1.17 bits per heavy atom. The van der Waals surface area contributed by atoms with Crippen molar-refractivity contribution in [2.24, 2.45) is 0 Å². The van der Waals surface area contributed by atoms with E-state index in [0.29, 0.717) is 6.42 Å². The molecule has 0 aromatic carbocycles. The van der Waals surface area contributed by atoms with Crippen LogP contribution in [0.15, 0.2) is 0 Å². The first-order valence-electron chi connectivity index (χ1n) is 6.04. The molecule has 0 unspecified atom stereocenters. The summed E-state index contributed by atoms with van der Waals surface area (Å²) in [6.45, 7) is 13.4. The molecule has 0 saturated carbocycles. The fraction of sp³-hybridized carbons (Fsp3) is 0.833. The second-order valence-electron chi connectivity index (χ2n) is 3.48. The minimum atomic E-state index is -3.43. The van der Waals surface area contributed by atoms with Crippen molar-refractivity contribution in [3.63, 3.8) is 0 Å². The van der Waals surface area contributed by atoms with Gasteiger partial charge in [-0.3, -0.25) is 0 Å². The summed E-state index contributed by atoms with van der Waals surface area (Å²) in [6, 6.07) is 0. The topological polar surface area (TPSA) is 60.7 Å². The number of unbranched alkanes of at least 4 members (excludes halogenated alkanes) is 3. The Bertz CT molecular complexity index is 106. The van der Waals surface area contributed by atoms with Gasteiger partial charge in [-0.2, -0.15) is 27.5 Å². The Morgan fingerprint density at radius 2 is 1.11 bits per heavy atom. The summed E-state index contributed by atoms with van der Waals surface area (Å²) in [6.07, 6.45) is 6.25. The smallest absolute Gasteiger partial charge is 0.343 e. The third-order valence-electron chi connectivity index (χ3n) is 1.52. The zero-order chi connectivity index (χ0) is 13.4. The number of halogens is 1. The maximum atomic E-state index is 8.37. The minimum Gasteiger partial charge on any atom is -0.343 e. The first kappa shape index (κ1) is 31.6. The van der Waals surface area contributed by atoms with Gasteiger partial charge in [0.05, 0.1) is 0 Å². The van der Waals surface area contributed by atoms with E-state index in [-0.39, 0.29) is 40.2 Å². The van der Waals surface area contributed by atoms with Gasteiger partial charge in [0.1, 0.15) is 6.16 Å². The van der Waals surface area contributed by atoms with Gasteiger partial charge in [-0.05, 0) is 6.42 Å². The zero-order valence-electron chi connectivity index (χ0n) is 11.9. The van der Waals surface area contributed by atoms with Gasteiger partial charge < -0.3 is 13.8 Å². The molecule has 0 rings (SSSR count). The Labute approximate surface area is 136 Å². The number of hydrogen-bond donors (Lipinski definition) is 3. The molecule has 18 heavy (non-hydrogen) atoms. The summed E-state index contributed by atoms with van der Waals surface area (Å²) >= 11 is 0. The zero-order valence-corrected chi connectivity index (χ0v) is 15.4. The molecular weight excluding hydrogens is 367 g/mol. The monoisotopic (exact) mass is 396 g/mol. The predicted molar refractivity (Wildman–Crippen MR) is 84.2 cm³/mol. The van der Waals surface area contributed by atoms with Crippen LogP contribution < -0.4 is 0 Å². The third-order valence-corrected chi connectivity index (χ3v) is 2.44. The molecule has 0 heterocycles. The normalized spacial score (nSPS) is 8.67. The van der Waals surface area contributed by atoms with Crippen molar-refractivity contribution < 1.29 is 31.7 Å². The van der Waals surface area contributed by atoms with E-state index in [1.807, 2.05) is 6.92 Å². The van der Waals surface area contributed by atoms with Crippen LogP contribution in [0.3, 0.4) is 0 Å². The first-order chi connectivity index (χ1) is 7.39. The third kappa shape index (κ3) is 66.7. The number of rotatable bonds is 5. The molecule has 3 N–H and O–H groups in total. The average molecular weight is 398 g/mol. The first-order valence-corrected chi connectivity index (χ1v) is 7.87. The second-order valence-corrected chi connectivity index (χ2v) is 5.31. The molecule has 119 valence electrons. The van der Waals surface area contributed by atoms with E-state index in [2.05, 4.69) is 27.7 Å². The van der Waals surface area contributed by atoms with Crippen LogP contribution in [-0.4, -0.2) is 20.8 Å². The Kier molecular flexibility index (Phi) is 47.1. The Morgan fingerprint density at radius 1 is 0.833 bits per heavy atom.